The molecule has 0 unspecified atom stereocenters. The highest BCUT2D eigenvalue weighted by atomic mass is 15.3. The summed E-state index contributed by atoms with van der Waals surface area (Å²) in [5.74, 6) is 0. The molecule has 3 nitrogen and oxygen atoms in total. The molecule has 0 fully saturated rings. The molecule has 0 spiro atoms. The van der Waals surface area contributed by atoms with Crippen molar-refractivity contribution in [2.24, 2.45) is 7.05 Å². The molecule has 0 aliphatic rings. The van der Waals surface area contributed by atoms with E-state index in [1.165, 1.54) is 16.6 Å². The molecule has 0 aliphatic heterocycles. The smallest absolute Gasteiger partial charge is 0.0821 e. The number of rotatable bonds is 2. The molecular weight excluding hydrogens is 210 g/mol. The van der Waals surface area contributed by atoms with E-state index in [0.29, 0.717) is 0 Å². The lowest BCUT2D eigenvalue weighted by Crippen LogP contribution is -2.02. The Labute approximate surface area is 100 Å². The van der Waals surface area contributed by atoms with Gasteiger partial charge in [-0.2, -0.15) is 5.10 Å². The largest absolute Gasteiger partial charge is 0.339 e. The SMILES string of the molecule is Cc1cc2ccccc2n1Cc1ccn(C)n1. The zero-order chi connectivity index (χ0) is 11.8. The van der Waals surface area contributed by atoms with Gasteiger partial charge in [-0.1, -0.05) is 18.2 Å². The first-order chi connectivity index (χ1) is 8.24. The topological polar surface area (TPSA) is 22.8 Å². The number of aryl methyl sites for hydroxylation is 2. The first kappa shape index (κ1) is 10.1. The van der Waals surface area contributed by atoms with E-state index in [-0.39, 0.29) is 0 Å². The van der Waals surface area contributed by atoms with Crippen LogP contribution < -0.4 is 0 Å². The van der Waals surface area contributed by atoms with Gasteiger partial charge in [-0.05, 0) is 30.5 Å². The van der Waals surface area contributed by atoms with Crippen LogP contribution in [0, 0.1) is 6.92 Å². The van der Waals surface area contributed by atoms with Crippen LogP contribution in [0.1, 0.15) is 11.4 Å². The van der Waals surface area contributed by atoms with Crippen LogP contribution in [-0.2, 0) is 13.6 Å². The van der Waals surface area contributed by atoms with Crippen LogP contribution in [0.5, 0.6) is 0 Å². The molecule has 0 bridgehead atoms. The standard InChI is InChI=1S/C14H15N3/c1-11-9-12-5-3-4-6-14(12)17(11)10-13-7-8-16(2)15-13/h3-9H,10H2,1-2H3. The Balaban J connectivity index is 2.08. The highest BCUT2D eigenvalue weighted by Crippen LogP contribution is 2.20. The van der Waals surface area contributed by atoms with Crippen molar-refractivity contribution in [1.29, 1.82) is 0 Å². The van der Waals surface area contributed by atoms with Crippen LogP contribution in [0.2, 0.25) is 0 Å². The van der Waals surface area contributed by atoms with E-state index in [4.69, 9.17) is 0 Å². The van der Waals surface area contributed by atoms with Crippen LogP contribution in [0.15, 0.2) is 42.6 Å². The Morgan fingerprint density at radius 2 is 2.00 bits per heavy atom. The summed E-state index contributed by atoms with van der Waals surface area (Å²) < 4.78 is 4.15. The average Bonchev–Trinajstić information content (AvgIpc) is 2.85. The van der Waals surface area contributed by atoms with Gasteiger partial charge in [0, 0.05) is 24.5 Å². The number of hydrogen-bond acceptors (Lipinski definition) is 1. The second-order valence-corrected chi connectivity index (χ2v) is 4.41. The molecule has 0 aliphatic carbocycles. The van der Waals surface area contributed by atoms with Crippen molar-refractivity contribution in [3.8, 4) is 0 Å². The third-order valence-electron chi connectivity index (χ3n) is 3.11. The van der Waals surface area contributed by atoms with E-state index in [0.717, 1.165) is 12.2 Å². The van der Waals surface area contributed by atoms with Gasteiger partial charge in [0.1, 0.15) is 0 Å². The summed E-state index contributed by atoms with van der Waals surface area (Å²) in [7, 11) is 1.95. The maximum atomic E-state index is 4.43. The van der Waals surface area contributed by atoms with Gasteiger partial charge in [0.25, 0.3) is 0 Å². The molecule has 2 heterocycles. The lowest BCUT2D eigenvalue weighted by Gasteiger charge is -2.05. The average molecular weight is 225 g/mol. The van der Waals surface area contributed by atoms with Crippen molar-refractivity contribution in [3.63, 3.8) is 0 Å². The van der Waals surface area contributed by atoms with Crippen molar-refractivity contribution in [2.75, 3.05) is 0 Å². The number of hydrogen-bond donors (Lipinski definition) is 0. The summed E-state index contributed by atoms with van der Waals surface area (Å²) in [5, 5.41) is 5.72. The Morgan fingerprint density at radius 3 is 2.76 bits per heavy atom. The minimum absolute atomic E-state index is 0.834. The molecule has 0 amide bonds. The number of aromatic nitrogens is 3. The van der Waals surface area contributed by atoms with Crippen LogP contribution in [-0.4, -0.2) is 14.3 Å². The van der Waals surface area contributed by atoms with E-state index >= 15 is 0 Å². The summed E-state index contributed by atoms with van der Waals surface area (Å²) in [6, 6.07) is 12.7. The molecule has 3 heteroatoms. The molecule has 0 atom stereocenters. The van der Waals surface area contributed by atoms with Crippen molar-refractivity contribution < 1.29 is 0 Å². The first-order valence-electron chi connectivity index (χ1n) is 5.77. The van der Waals surface area contributed by atoms with Gasteiger partial charge in [0.15, 0.2) is 0 Å². The lowest BCUT2D eigenvalue weighted by atomic mass is 10.2. The summed E-state index contributed by atoms with van der Waals surface area (Å²) in [6.07, 6.45) is 1.98. The van der Waals surface area contributed by atoms with Crippen molar-refractivity contribution >= 4 is 10.9 Å². The summed E-state index contributed by atoms with van der Waals surface area (Å²) in [6.45, 7) is 2.98. The second-order valence-electron chi connectivity index (χ2n) is 4.41. The van der Waals surface area contributed by atoms with Gasteiger partial charge in [0.05, 0.1) is 12.2 Å². The predicted octanol–water partition coefficient (Wildman–Crippen LogP) is 2.73. The molecule has 0 saturated carbocycles. The van der Waals surface area contributed by atoms with Crippen LogP contribution in [0.3, 0.4) is 0 Å². The molecule has 0 radical (unpaired) electrons. The Morgan fingerprint density at radius 1 is 1.18 bits per heavy atom. The molecule has 2 aromatic heterocycles. The van der Waals surface area contributed by atoms with Gasteiger partial charge < -0.3 is 4.57 Å². The maximum Gasteiger partial charge on any atom is 0.0821 e. The highest BCUT2D eigenvalue weighted by molar-refractivity contribution is 5.81. The Kier molecular flexibility index (Phi) is 2.25. The molecule has 3 aromatic rings. The van der Waals surface area contributed by atoms with Crippen LogP contribution in [0.4, 0.5) is 0 Å². The second kappa shape index (κ2) is 3.77. The number of para-hydroxylation sites is 1. The van der Waals surface area contributed by atoms with E-state index in [1.54, 1.807) is 0 Å². The molecule has 86 valence electrons. The van der Waals surface area contributed by atoms with Gasteiger partial charge in [-0.25, -0.2) is 0 Å². The number of nitrogens with zero attached hydrogens (tertiary/aromatic N) is 3. The lowest BCUT2D eigenvalue weighted by molar-refractivity contribution is 0.709. The van der Waals surface area contributed by atoms with Gasteiger partial charge >= 0.3 is 0 Å². The quantitative estimate of drug-likeness (QED) is 0.657. The fraction of sp³-hybridized carbons (Fsp3) is 0.214. The third-order valence-corrected chi connectivity index (χ3v) is 3.11. The number of benzene rings is 1. The van der Waals surface area contributed by atoms with Crippen LogP contribution in [0.25, 0.3) is 10.9 Å². The Bertz CT molecular complexity index is 661. The zero-order valence-corrected chi connectivity index (χ0v) is 10.1. The summed E-state index contributed by atoms with van der Waals surface area (Å²) in [5.41, 5.74) is 3.64. The molecular formula is C14H15N3. The predicted molar refractivity (Wildman–Crippen MR) is 69.0 cm³/mol. The molecule has 0 saturated heterocycles. The van der Waals surface area contributed by atoms with E-state index in [9.17, 15) is 0 Å². The normalized spacial score (nSPS) is 11.2. The highest BCUT2D eigenvalue weighted by Gasteiger charge is 2.06. The summed E-state index contributed by atoms with van der Waals surface area (Å²) >= 11 is 0. The maximum absolute atomic E-state index is 4.43. The molecule has 17 heavy (non-hydrogen) atoms. The van der Waals surface area contributed by atoms with Crippen LogP contribution >= 0.6 is 0 Å². The molecule has 0 N–H and O–H groups in total. The Hall–Kier alpha value is -2.03. The fourth-order valence-electron chi connectivity index (χ4n) is 2.27. The van der Waals surface area contributed by atoms with E-state index < -0.39 is 0 Å². The van der Waals surface area contributed by atoms with Crippen molar-refractivity contribution in [1.82, 2.24) is 14.3 Å². The van der Waals surface area contributed by atoms with E-state index in [2.05, 4.69) is 53.0 Å². The summed E-state index contributed by atoms with van der Waals surface area (Å²) in [4.78, 5) is 0. The van der Waals surface area contributed by atoms with Gasteiger partial charge in [-0.15, -0.1) is 0 Å². The van der Waals surface area contributed by atoms with Gasteiger partial charge in [0.2, 0.25) is 0 Å². The van der Waals surface area contributed by atoms with E-state index in [1.807, 2.05) is 17.9 Å². The fourth-order valence-corrected chi connectivity index (χ4v) is 2.27. The van der Waals surface area contributed by atoms with Crippen molar-refractivity contribution in [3.05, 3.63) is 54.0 Å². The first-order valence-corrected chi connectivity index (χ1v) is 5.77. The minimum Gasteiger partial charge on any atom is -0.339 e. The third kappa shape index (κ3) is 1.73. The zero-order valence-electron chi connectivity index (χ0n) is 10.1. The van der Waals surface area contributed by atoms with Crippen molar-refractivity contribution in [2.45, 2.75) is 13.5 Å². The molecule has 3 rings (SSSR count). The minimum atomic E-state index is 0.834. The molecule has 1 aromatic carbocycles. The van der Waals surface area contributed by atoms with Gasteiger partial charge in [-0.3, -0.25) is 4.68 Å². The monoisotopic (exact) mass is 225 g/mol. The number of fused-ring (bicyclic) bond motifs is 1.